The summed E-state index contributed by atoms with van der Waals surface area (Å²) in [6.07, 6.45) is 8.11. The molecule has 106 valence electrons. The van der Waals surface area contributed by atoms with Crippen LogP contribution in [0.2, 0.25) is 0 Å². The van der Waals surface area contributed by atoms with E-state index in [1.165, 1.54) is 45.1 Å². The summed E-state index contributed by atoms with van der Waals surface area (Å²) in [4.78, 5) is 2.53. The second-order valence-electron chi connectivity index (χ2n) is 6.28. The van der Waals surface area contributed by atoms with Crippen molar-refractivity contribution in [3.63, 3.8) is 0 Å². The molecule has 2 rings (SSSR count). The van der Waals surface area contributed by atoms with Gasteiger partial charge in [-0.25, -0.2) is 0 Å². The Morgan fingerprint density at radius 2 is 1.89 bits per heavy atom. The van der Waals surface area contributed by atoms with Crippen molar-refractivity contribution in [1.29, 1.82) is 0 Å². The van der Waals surface area contributed by atoms with Gasteiger partial charge < -0.3 is 9.84 Å². The number of rotatable bonds is 5. The number of likely N-dealkylation sites (tertiary alicyclic amines) is 1. The highest BCUT2D eigenvalue weighted by atomic mass is 16.5. The summed E-state index contributed by atoms with van der Waals surface area (Å²) in [7, 11) is 0. The Kier molecular flexibility index (Phi) is 5.46. The molecule has 2 fully saturated rings. The fourth-order valence-corrected chi connectivity index (χ4v) is 3.58. The quantitative estimate of drug-likeness (QED) is 0.819. The Morgan fingerprint density at radius 1 is 1.17 bits per heavy atom. The van der Waals surface area contributed by atoms with Gasteiger partial charge in [0.15, 0.2) is 0 Å². The fourth-order valence-electron chi connectivity index (χ4n) is 3.58. The number of ether oxygens (including phenoxy) is 1. The van der Waals surface area contributed by atoms with E-state index in [0.717, 1.165) is 18.5 Å². The standard InChI is InChI=1S/C15H29NO2/c1-12(2)18-11-14(17)10-16-9-5-7-13-6-3-4-8-15(13)16/h12-15,17H,3-11H2,1-2H3/t13-,14-,15-/m1/s1. The van der Waals surface area contributed by atoms with Gasteiger partial charge in [0.2, 0.25) is 0 Å². The molecule has 1 heterocycles. The van der Waals surface area contributed by atoms with Gasteiger partial charge in [-0.15, -0.1) is 0 Å². The van der Waals surface area contributed by atoms with Crippen LogP contribution in [0.15, 0.2) is 0 Å². The topological polar surface area (TPSA) is 32.7 Å². The molecule has 2 aliphatic rings. The summed E-state index contributed by atoms with van der Waals surface area (Å²) in [5.41, 5.74) is 0. The Labute approximate surface area is 112 Å². The van der Waals surface area contributed by atoms with E-state index >= 15 is 0 Å². The van der Waals surface area contributed by atoms with Crippen LogP contribution in [0.4, 0.5) is 0 Å². The molecule has 0 aromatic heterocycles. The molecule has 3 atom stereocenters. The van der Waals surface area contributed by atoms with E-state index in [9.17, 15) is 5.11 Å². The van der Waals surface area contributed by atoms with Crippen LogP contribution in [0.25, 0.3) is 0 Å². The van der Waals surface area contributed by atoms with Crippen molar-refractivity contribution in [2.45, 2.75) is 70.6 Å². The number of aliphatic hydroxyl groups excluding tert-OH is 1. The Morgan fingerprint density at radius 3 is 2.67 bits per heavy atom. The first-order chi connectivity index (χ1) is 8.66. The van der Waals surface area contributed by atoms with Crippen LogP contribution in [-0.4, -0.2) is 48.0 Å². The summed E-state index contributed by atoms with van der Waals surface area (Å²) in [6.45, 7) is 6.48. The van der Waals surface area contributed by atoms with Crippen LogP contribution in [0.1, 0.15) is 52.4 Å². The van der Waals surface area contributed by atoms with Gasteiger partial charge in [0.25, 0.3) is 0 Å². The maximum Gasteiger partial charge on any atom is 0.0900 e. The van der Waals surface area contributed by atoms with Gasteiger partial charge in [-0.05, 0) is 52.0 Å². The molecule has 0 amide bonds. The smallest absolute Gasteiger partial charge is 0.0900 e. The van der Waals surface area contributed by atoms with Crippen molar-refractivity contribution >= 4 is 0 Å². The zero-order valence-corrected chi connectivity index (χ0v) is 12.0. The molecule has 0 unspecified atom stereocenters. The minimum Gasteiger partial charge on any atom is -0.389 e. The van der Waals surface area contributed by atoms with Crippen molar-refractivity contribution in [2.75, 3.05) is 19.7 Å². The summed E-state index contributed by atoms with van der Waals surface area (Å²) < 4.78 is 5.50. The van der Waals surface area contributed by atoms with E-state index in [-0.39, 0.29) is 12.2 Å². The van der Waals surface area contributed by atoms with Crippen LogP contribution in [0.3, 0.4) is 0 Å². The molecule has 1 aliphatic heterocycles. The average molecular weight is 255 g/mol. The van der Waals surface area contributed by atoms with Crippen molar-refractivity contribution < 1.29 is 9.84 Å². The molecule has 1 saturated heterocycles. The molecule has 0 radical (unpaired) electrons. The molecule has 0 aromatic carbocycles. The molecule has 1 N–H and O–H groups in total. The van der Waals surface area contributed by atoms with Gasteiger partial charge in [0, 0.05) is 12.6 Å². The van der Waals surface area contributed by atoms with E-state index in [4.69, 9.17) is 4.74 Å². The predicted octanol–water partition coefficient (Wildman–Crippen LogP) is 2.43. The minimum absolute atomic E-state index is 0.212. The molecular formula is C15H29NO2. The lowest BCUT2D eigenvalue weighted by molar-refractivity contribution is -0.0308. The second-order valence-corrected chi connectivity index (χ2v) is 6.28. The van der Waals surface area contributed by atoms with Crippen molar-refractivity contribution in [2.24, 2.45) is 5.92 Å². The van der Waals surface area contributed by atoms with Crippen molar-refractivity contribution in [3.8, 4) is 0 Å². The van der Waals surface area contributed by atoms with Crippen molar-refractivity contribution in [1.82, 2.24) is 4.90 Å². The van der Waals surface area contributed by atoms with Gasteiger partial charge in [0.1, 0.15) is 0 Å². The molecule has 3 heteroatoms. The van der Waals surface area contributed by atoms with Gasteiger partial charge >= 0.3 is 0 Å². The van der Waals surface area contributed by atoms with Crippen LogP contribution in [0.5, 0.6) is 0 Å². The Bertz CT molecular complexity index is 243. The Hall–Kier alpha value is -0.120. The van der Waals surface area contributed by atoms with Gasteiger partial charge in [0.05, 0.1) is 18.8 Å². The SMILES string of the molecule is CC(C)OC[C@H](O)CN1CCC[C@H]2CCCC[C@H]21. The summed E-state index contributed by atoms with van der Waals surface area (Å²) in [5, 5.41) is 10.1. The number of β-amino-alcohol motifs (C(OH)–C–C–N with tert-alkyl or cyclic N) is 1. The third kappa shape index (κ3) is 3.94. The normalized spacial score (nSPS) is 31.3. The number of piperidine rings is 1. The molecule has 0 spiro atoms. The van der Waals surface area contributed by atoms with E-state index in [0.29, 0.717) is 6.61 Å². The fraction of sp³-hybridized carbons (Fsp3) is 1.00. The highest BCUT2D eigenvalue weighted by molar-refractivity contribution is 4.88. The number of aliphatic hydroxyl groups is 1. The highest BCUT2D eigenvalue weighted by Gasteiger charge is 2.33. The van der Waals surface area contributed by atoms with Crippen LogP contribution in [-0.2, 0) is 4.74 Å². The van der Waals surface area contributed by atoms with Crippen LogP contribution < -0.4 is 0 Å². The maximum absolute atomic E-state index is 10.1. The lowest BCUT2D eigenvalue weighted by atomic mass is 9.78. The third-order valence-electron chi connectivity index (χ3n) is 4.43. The van der Waals surface area contributed by atoms with Gasteiger partial charge in [-0.1, -0.05) is 12.8 Å². The minimum atomic E-state index is -0.326. The number of hydrogen-bond donors (Lipinski definition) is 1. The number of fused-ring (bicyclic) bond motifs is 1. The maximum atomic E-state index is 10.1. The van der Waals surface area contributed by atoms with Crippen LogP contribution >= 0.6 is 0 Å². The predicted molar refractivity (Wildman–Crippen MR) is 73.6 cm³/mol. The summed E-state index contributed by atoms with van der Waals surface area (Å²) in [6, 6.07) is 0.737. The molecule has 3 nitrogen and oxygen atoms in total. The van der Waals surface area contributed by atoms with E-state index in [2.05, 4.69) is 4.90 Å². The summed E-state index contributed by atoms with van der Waals surface area (Å²) in [5.74, 6) is 0.894. The molecule has 1 saturated carbocycles. The van der Waals surface area contributed by atoms with Gasteiger partial charge in [-0.3, -0.25) is 4.90 Å². The zero-order chi connectivity index (χ0) is 13.0. The first kappa shape index (κ1) is 14.3. The second kappa shape index (κ2) is 6.88. The number of hydrogen-bond acceptors (Lipinski definition) is 3. The lowest BCUT2D eigenvalue weighted by Gasteiger charge is -2.44. The molecule has 0 aromatic rings. The van der Waals surface area contributed by atoms with E-state index in [1.54, 1.807) is 0 Å². The van der Waals surface area contributed by atoms with E-state index in [1.807, 2.05) is 13.8 Å². The molecular weight excluding hydrogens is 226 g/mol. The largest absolute Gasteiger partial charge is 0.389 e. The molecule has 18 heavy (non-hydrogen) atoms. The monoisotopic (exact) mass is 255 g/mol. The molecule has 1 aliphatic carbocycles. The van der Waals surface area contributed by atoms with Crippen LogP contribution in [0, 0.1) is 5.92 Å². The summed E-state index contributed by atoms with van der Waals surface area (Å²) >= 11 is 0. The molecule has 0 bridgehead atoms. The van der Waals surface area contributed by atoms with Crippen molar-refractivity contribution in [3.05, 3.63) is 0 Å². The Balaban J connectivity index is 1.79. The first-order valence-corrected chi connectivity index (χ1v) is 7.70. The highest BCUT2D eigenvalue weighted by Crippen LogP contribution is 2.35. The average Bonchev–Trinajstić information content (AvgIpc) is 2.37. The third-order valence-corrected chi connectivity index (χ3v) is 4.43. The number of nitrogens with zero attached hydrogens (tertiary/aromatic N) is 1. The van der Waals surface area contributed by atoms with Gasteiger partial charge in [-0.2, -0.15) is 0 Å². The first-order valence-electron chi connectivity index (χ1n) is 7.70. The van der Waals surface area contributed by atoms with E-state index < -0.39 is 0 Å². The zero-order valence-electron chi connectivity index (χ0n) is 12.0. The lowest BCUT2D eigenvalue weighted by Crippen LogP contribution is -2.50.